The zero-order chi connectivity index (χ0) is 15.9. The first kappa shape index (κ1) is 14.4. The van der Waals surface area contributed by atoms with Crippen LogP contribution in [0.1, 0.15) is 24.7 Å². The van der Waals surface area contributed by atoms with Crippen molar-refractivity contribution >= 4 is 27.0 Å². The molecule has 2 heterocycles. The summed E-state index contributed by atoms with van der Waals surface area (Å²) in [5, 5.41) is 9.73. The lowest BCUT2D eigenvalue weighted by Crippen LogP contribution is -2.11. The number of sulfonamides is 1. The summed E-state index contributed by atoms with van der Waals surface area (Å²) in [5.41, 5.74) is 1.15. The maximum atomic E-state index is 12.4. The molecule has 0 bridgehead atoms. The first-order chi connectivity index (χ1) is 11.1. The summed E-state index contributed by atoms with van der Waals surface area (Å²) in [4.78, 5) is 0. The highest BCUT2D eigenvalue weighted by atomic mass is 32.2. The van der Waals surface area contributed by atoms with E-state index in [4.69, 9.17) is 4.42 Å². The number of thiophene rings is 1. The van der Waals surface area contributed by atoms with Crippen LogP contribution in [0.3, 0.4) is 0 Å². The topological polar surface area (TPSA) is 85.1 Å². The van der Waals surface area contributed by atoms with Crippen LogP contribution < -0.4 is 4.72 Å². The van der Waals surface area contributed by atoms with Crippen LogP contribution in [0.25, 0.3) is 11.5 Å². The maximum Gasteiger partial charge on any atom is 0.271 e. The minimum atomic E-state index is -3.62. The third kappa shape index (κ3) is 2.99. The quantitative estimate of drug-likeness (QED) is 0.764. The molecule has 23 heavy (non-hydrogen) atoms. The van der Waals surface area contributed by atoms with Gasteiger partial charge in [-0.1, -0.05) is 18.2 Å². The van der Waals surface area contributed by atoms with Gasteiger partial charge in [0.1, 0.15) is 4.21 Å². The van der Waals surface area contributed by atoms with Gasteiger partial charge in [0, 0.05) is 17.0 Å². The normalized spacial score (nSPS) is 14.8. The summed E-state index contributed by atoms with van der Waals surface area (Å²) in [7, 11) is -3.62. The molecule has 118 valence electrons. The largest absolute Gasteiger partial charge is 0.420 e. The SMILES string of the molecule is O=S(=O)(Nc1ccccc1)c1cc(-c2nnc(C3CC3)o2)cs1. The van der Waals surface area contributed by atoms with E-state index in [1.807, 2.05) is 6.07 Å². The summed E-state index contributed by atoms with van der Waals surface area (Å²) in [5.74, 6) is 1.38. The first-order valence-corrected chi connectivity index (χ1v) is 9.48. The molecule has 0 saturated heterocycles. The van der Waals surface area contributed by atoms with Crippen LogP contribution in [0.5, 0.6) is 0 Å². The molecule has 1 saturated carbocycles. The Bertz CT molecular complexity index is 928. The number of para-hydroxylation sites is 1. The maximum absolute atomic E-state index is 12.4. The van der Waals surface area contributed by atoms with Crippen LogP contribution in [-0.4, -0.2) is 18.6 Å². The van der Waals surface area contributed by atoms with E-state index in [2.05, 4.69) is 14.9 Å². The third-order valence-corrected chi connectivity index (χ3v) is 6.30. The molecule has 1 fully saturated rings. The van der Waals surface area contributed by atoms with Crippen LogP contribution in [0, 0.1) is 0 Å². The highest BCUT2D eigenvalue weighted by Gasteiger charge is 2.30. The Hall–Kier alpha value is -2.19. The lowest BCUT2D eigenvalue weighted by Gasteiger charge is -2.05. The van der Waals surface area contributed by atoms with Crippen LogP contribution in [0.15, 0.2) is 50.4 Å². The Kier molecular flexibility index (Phi) is 3.42. The van der Waals surface area contributed by atoms with Crippen molar-refractivity contribution in [3.8, 4) is 11.5 Å². The van der Waals surface area contributed by atoms with Gasteiger partial charge in [0.05, 0.1) is 5.56 Å². The highest BCUT2D eigenvalue weighted by Crippen LogP contribution is 2.40. The van der Waals surface area contributed by atoms with Crippen molar-refractivity contribution in [3.05, 3.63) is 47.7 Å². The van der Waals surface area contributed by atoms with Crippen LogP contribution in [0.2, 0.25) is 0 Å². The molecule has 0 aliphatic heterocycles. The van der Waals surface area contributed by atoms with E-state index in [9.17, 15) is 8.42 Å². The molecule has 4 rings (SSSR count). The fraction of sp³-hybridized carbons (Fsp3) is 0.200. The molecule has 1 N–H and O–H groups in total. The van der Waals surface area contributed by atoms with Crippen molar-refractivity contribution in [3.63, 3.8) is 0 Å². The average molecular weight is 347 g/mol. The number of rotatable bonds is 5. The predicted octanol–water partition coefficient (Wildman–Crippen LogP) is 3.48. The van der Waals surface area contributed by atoms with Crippen LogP contribution in [-0.2, 0) is 10.0 Å². The zero-order valence-electron chi connectivity index (χ0n) is 12.0. The van der Waals surface area contributed by atoms with Crippen molar-refractivity contribution in [1.82, 2.24) is 10.2 Å². The molecule has 1 aliphatic carbocycles. The van der Waals surface area contributed by atoms with Gasteiger partial charge in [-0.05, 0) is 31.0 Å². The van der Waals surface area contributed by atoms with E-state index in [0.717, 1.165) is 24.2 Å². The summed E-state index contributed by atoms with van der Waals surface area (Å²) in [6.45, 7) is 0. The van der Waals surface area contributed by atoms with Gasteiger partial charge in [0.2, 0.25) is 11.8 Å². The molecule has 1 aromatic carbocycles. The zero-order valence-corrected chi connectivity index (χ0v) is 13.6. The molecule has 1 aliphatic rings. The molecule has 0 spiro atoms. The molecule has 0 unspecified atom stereocenters. The number of nitrogens with one attached hydrogen (secondary N) is 1. The van der Waals surface area contributed by atoms with E-state index < -0.39 is 10.0 Å². The summed E-state index contributed by atoms with van der Waals surface area (Å²) in [6, 6.07) is 10.3. The molecule has 8 heteroatoms. The van der Waals surface area contributed by atoms with Crippen molar-refractivity contribution in [2.45, 2.75) is 23.0 Å². The van der Waals surface area contributed by atoms with Crippen molar-refractivity contribution in [2.75, 3.05) is 4.72 Å². The second-order valence-corrected chi connectivity index (χ2v) is 8.17. The number of hydrogen-bond donors (Lipinski definition) is 1. The van der Waals surface area contributed by atoms with E-state index in [1.54, 1.807) is 35.7 Å². The van der Waals surface area contributed by atoms with Crippen molar-refractivity contribution in [1.29, 1.82) is 0 Å². The monoisotopic (exact) mass is 347 g/mol. The Morgan fingerprint density at radius 1 is 1.17 bits per heavy atom. The standard InChI is InChI=1S/C15H13N3O3S2/c19-23(20,18-12-4-2-1-3-5-12)13-8-11(9-22-13)15-17-16-14(21-15)10-6-7-10/h1-5,8-10,18H,6-7H2. The number of nitrogens with zero attached hydrogens (tertiary/aromatic N) is 2. The molecule has 2 aromatic heterocycles. The Morgan fingerprint density at radius 2 is 1.96 bits per heavy atom. The van der Waals surface area contributed by atoms with E-state index in [-0.39, 0.29) is 4.21 Å². The predicted molar refractivity (Wildman–Crippen MR) is 86.8 cm³/mol. The fourth-order valence-corrected chi connectivity index (χ4v) is 4.34. The lowest BCUT2D eigenvalue weighted by atomic mass is 10.3. The number of hydrogen-bond acceptors (Lipinski definition) is 6. The van der Waals surface area contributed by atoms with Gasteiger partial charge in [-0.25, -0.2) is 8.42 Å². The Labute approximate surface area is 137 Å². The highest BCUT2D eigenvalue weighted by molar-refractivity contribution is 7.94. The van der Waals surface area contributed by atoms with Crippen LogP contribution >= 0.6 is 11.3 Å². The third-order valence-electron chi connectivity index (χ3n) is 3.48. The van der Waals surface area contributed by atoms with E-state index in [1.165, 1.54) is 0 Å². The number of anilines is 1. The molecule has 3 aromatic rings. The molecule has 0 radical (unpaired) electrons. The summed E-state index contributed by atoms with van der Waals surface area (Å²) < 4.78 is 33.2. The summed E-state index contributed by atoms with van der Waals surface area (Å²) in [6.07, 6.45) is 2.15. The molecule has 0 atom stereocenters. The Morgan fingerprint density at radius 3 is 2.70 bits per heavy atom. The van der Waals surface area contributed by atoms with E-state index >= 15 is 0 Å². The van der Waals surface area contributed by atoms with Crippen LogP contribution in [0.4, 0.5) is 5.69 Å². The number of aromatic nitrogens is 2. The average Bonchev–Trinajstić information content (AvgIpc) is 3.07. The fourth-order valence-electron chi connectivity index (χ4n) is 2.13. The molecular weight excluding hydrogens is 334 g/mol. The first-order valence-electron chi connectivity index (χ1n) is 7.12. The van der Waals surface area contributed by atoms with Gasteiger partial charge in [0.15, 0.2) is 0 Å². The molecule has 6 nitrogen and oxygen atoms in total. The number of benzene rings is 1. The minimum absolute atomic E-state index is 0.211. The van der Waals surface area contributed by atoms with Gasteiger partial charge in [-0.2, -0.15) is 0 Å². The van der Waals surface area contributed by atoms with Gasteiger partial charge >= 0.3 is 0 Å². The van der Waals surface area contributed by atoms with Crippen molar-refractivity contribution < 1.29 is 12.8 Å². The van der Waals surface area contributed by atoms with E-state index in [0.29, 0.717) is 29.0 Å². The van der Waals surface area contributed by atoms with Gasteiger partial charge in [0.25, 0.3) is 10.0 Å². The Balaban J connectivity index is 1.58. The minimum Gasteiger partial charge on any atom is -0.420 e. The molecular formula is C15H13N3O3S2. The second kappa shape index (κ2) is 5.47. The molecule has 0 amide bonds. The smallest absolute Gasteiger partial charge is 0.271 e. The summed E-state index contributed by atoms with van der Waals surface area (Å²) >= 11 is 1.13. The van der Waals surface area contributed by atoms with Crippen molar-refractivity contribution in [2.24, 2.45) is 0 Å². The second-order valence-electron chi connectivity index (χ2n) is 5.35. The van der Waals surface area contributed by atoms with Gasteiger partial charge in [-0.3, -0.25) is 4.72 Å². The van der Waals surface area contributed by atoms with Gasteiger partial charge < -0.3 is 4.42 Å². The lowest BCUT2D eigenvalue weighted by molar-refractivity contribution is 0.508. The van der Waals surface area contributed by atoms with Gasteiger partial charge in [-0.15, -0.1) is 21.5 Å².